The number of ether oxygens (including phenoxy) is 2. The van der Waals surface area contributed by atoms with Crippen LogP contribution in [0, 0.1) is 11.3 Å². The van der Waals surface area contributed by atoms with E-state index in [1.54, 1.807) is 12.1 Å². The third-order valence-electron chi connectivity index (χ3n) is 1.97. The summed E-state index contributed by atoms with van der Waals surface area (Å²) in [5.74, 6) is 1.17. The van der Waals surface area contributed by atoms with Crippen LogP contribution in [0.3, 0.4) is 0 Å². The summed E-state index contributed by atoms with van der Waals surface area (Å²) in [7, 11) is 0. The molecule has 1 aromatic carbocycles. The van der Waals surface area contributed by atoms with Crippen molar-refractivity contribution in [2.45, 2.75) is 6.04 Å². The Morgan fingerprint density at radius 2 is 2.07 bits per heavy atom. The highest BCUT2D eigenvalue weighted by molar-refractivity contribution is 6.31. The Labute approximate surface area is 85.8 Å². The van der Waals surface area contributed by atoms with Crippen LogP contribution in [0.4, 0.5) is 0 Å². The van der Waals surface area contributed by atoms with E-state index in [0.717, 1.165) is 0 Å². The van der Waals surface area contributed by atoms with E-state index in [1.807, 2.05) is 6.07 Å². The highest BCUT2D eigenvalue weighted by Crippen LogP contribution is 2.38. The minimum absolute atomic E-state index is 0.177. The van der Waals surface area contributed by atoms with Crippen molar-refractivity contribution >= 4 is 11.6 Å². The quantitative estimate of drug-likeness (QED) is 0.764. The molecule has 0 amide bonds. The number of rotatable bonds is 1. The van der Waals surface area contributed by atoms with Crippen molar-refractivity contribution in [3.05, 3.63) is 22.7 Å². The molecule has 1 aliphatic rings. The van der Waals surface area contributed by atoms with Gasteiger partial charge in [0.2, 0.25) is 6.79 Å². The standard InChI is InChI=1S/C9H7ClN2O2/c10-6-2-9-8(13-4-14-9)1-5(6)7(12)3-11/h1-2,7H,4,12H2. The first kappa shape index (κ1) is 9.13. The summed E-state index contributed by atoms with van der Waals surface area (Å²) in [6.07, 6.45) is 0. The van der Waals surface area contributed by atoms with Gasteiger partial charge in [-0.05, 0) is 6.07 Å². The van der Waals surface area contributed by atoms with E-state index in [2.05, 4.69) is 0 Å². The lowest BCUT2D eigenvalue weighted by atomic mass is 10.1. The molecule has 0 fully saturated rings. The minimum Gasteiger partial charge on any atom is -0.454 e. The molecular weight excluding hydrogens is 204 g/mol. The second kappa shape index (κ2) is 3.37. The maximum Gasteiger partial charge on any atom is 0.231 e. The molecule has 14 heavy (non-hydrogen) atoms. The van der Waals surface area contributed by atoms with Crippen molar-refractivity contribution in [1.82, 2.24) is 0 Å². The fraction of sp³-hybridized carbons (Fsp3) is 0.222. The Morgan fingerprint density at radius 3 is 2.71 bits per heavy atom. The van der Waals surface area contributed by atoms with Crippen LogP contribution in [-0.2, 0) is 0 Å². The molecule has 0 bridgehead atoms. The van der Waals surface area contributed by atoms with Crippen LogP contribution in [0.15, 0.2) is 12.1 Å². The third kappa shape index (κ3) is 1.37. The first-order valence-corrected chi connectivity index (χ1v) is 4.34. The van der Waals surface area contributed by atoms with Crippen molar-refractivity contribution in [3.63, 3.8) is 0 Å². The van der Waals surface area contributed by atoms with Crippen LogP contribution >= 0.6 is 11.6 Å². The van der Waals surface area contributed by atoms with E-state index in [0.29, 0.717) is 22.1 Å². The third-order valence-corrected chi connectivity index (χ3v) is 2.29. The van der Waals surface area contributed by atoms with Crippen molar-refractivity contribution in [2.75, 3.05) is 6.79 Å². The monoisotopic (exact) mass is 210 g/mol. The fourth-order valence-corrected chi connectivity index (χ4v) is 1.51. The molecule has 72 valence electrons. The van der Waals surface area contributed by atoms with E-state index in [4.69, 9.17) is 32.1 Å². The smallest absolute Gasteiger partial charge is 0.231 e. The average Bonchev–Trinajstić information content (AvgIpc) is 2.62. The lowest BCUT2D eigenvalue weighted by Crippen LogP contribution is -2.07. The molecule has 0 saturated carbocycles. The van der Waals surface area contributed by atoms with Crippen LogP contribution < -0.4 is 15.2 Å². The van der Waals surface area contributed by atoms with E-state index in [1.165, 1.54) is 0 Å². The van der Waals surface area contributed by atoms with E-state index >= 15 is 0 Å². The lowest BCUT2D eigenvalue weighted by Gasteiger charge is -2.06. The van der Waals surface area contributed by atoms with Gasteiger partial charge in [-0.15, -0.1) is 0 Å². The van der Waals surface area contributed by atoms with Crippen molar-refractivity contribution in [3.8, 4) is 17.6 Å². The average molecular weight is 211 g/mol. The van der Waals surface area contributed by atoms with Gasteiger partial charge in [0.15, 0.2) is 11.5 Å². The highest BCUT2D eigenvalue weighted by Gasteiger charge is 2.19. The fourth-order valence-electron chi connectivity index (χ4n) is 1.24. The second-order valence-corrected chi connectivity index (χ2v) is 3.24. The number of nitrogens with zero attached hydrogens (tertiary/aromatic N) is 1. The Morgan fingerprint density at radius 1 is 1.43 bits per heavy atom. The Hall–Kier alpha value is -1.44. The number of hydrogen-bond acceptors (Lipinski definition) is 4. The summed E-state index contributed by atoms with van der Waals surface area (Å²) in [4.78, 5) is 0. The molecule has 0 saturated heterocycles. The SMILES string of the molecule is N#CC(N)c1cc2c(cc1Cl)OCO2. The van der Waals surface area contributed by atoms with E-state index in [-0.39, 0.29) is 6.79 Å². The van der Waals surface area contributed by atoms with E-state index < -0.39 is 6.04 Å². The molecule has 0 aromatic heterocycles. The molecule has 1 aliphatic heterocycles. The molecule has 2 rings (SSSR count). The zero-order valence-electron chi connectivity index (χ0n) is 7.16. The second-order valence-electron chi connectivity index (χ2n) is 2.83. The van der Waals surface area contributed by atoms with Crippen LogP contribution in [0.1, 0.15) is 11.6 Å². The normalized spacial score (nSPS) is 14.9. The first-order chi connectivity index (χ1) is 6.72. The van der Waals surface area contributed by atoms with Crippen LogP contribution in [-0.4, -0.2) is 6.79 Å². The number of fused-ring (bicyclic) bond motifs is 1. The van der Waals surface area contributed by atoms with Gasteiger partial charge < -0.3 is 15.2 Å². The van der Waals surface area contributed by atoms with Gasteiger partial charge in [0.25, 0.3) is 0 Å². The lowest BCUT2D eigenvalue weighted by molar-refractivity contribution is 0.174. The van der Waals surface area contributed by atoms with Gasteiger partial charge in [0.05, 0.1) is 11.1 Å². The summed E-state index contributed by atoms with van der Waals surface area (Å²) >= 11 is 5.91. The molecule has 1 unspecified atom stereocenters. The molecule has 0 aliphatic carbocycles. The Balaban J connectivity index is 2.48. The van der Waals surface area contributed by atoms with Gasteiger partial charge in [0, 0.05) is 11.6 Å². The minimum atomic E-state index is -0.739. The summed E-state index contributed by atoms with van der Waals surface area (Å²) in [6, 6.07) is 4.42. The van der Waals surface area contributed by atoms with Gasteiger partial charge >= 0.3 is 0 Å². The molecule has 2 N–H and O–H groups in total. The zero-order chi connectivity index (χ0) is 10.1. The topological polar surface area (TPSA) is 68.3 Å². The van der Waals surface area contributed by atoms with Gasteiger partial charge in [-0.25, -0.2) is 0 Å². The van der Waals surface area contributed by atoms with E-state index in [9.17, 15) is 0 Å². The number of hydrogen-bond donors (Lipinski definition) is 1. The van der Waals surface area contributed by atoms with Crippen LogP contribution in [0.5, 0.6) is 11.5 Å². The molecule has 1 atom stereocenters. The van der Waals surface area contributed by atoms with Crippen molar-refractivity contribution in [1.29, 1.82) is 5.26 Å². The Kier molecular flexibility index (Phi) is 2.20. The maximum absolute atomic E-state index is 8.66. The molecule has 5 heteroatoms. The van der Waals surface area contributed by atoms with Gasteiger partial charge in [-0.2, -0.15) is 5.26 Å². The zero-order valence-corrected chi connectivity index (χ0v) is 7.91. The Bertz CT molecular complexity index is 414. The predicted octanol–water partition coefficient (Wildman–Crippen LogP) is 1.59. The maximum atomic E-state index is 8.66. The molecular formula is C9H7ClN2O2. The molecule has 1 heterocycles. The van der Waals surface area contributed by atoms with Gasteiger partial charge in [0.1, 0.15) is 6.04 Å². The number of nitriles is 1. The van der Waals surface area contributed by atoms with Crippen molar-refractivity contribution in [2.24, 2.45) is 5.73 Å². The highest BCUT2D eigenvalue weighted by atomic mass is 35.5. The largest absolute Gasteiger partial charge is 0.454 e. The number of benzene rings is 1. The van der Waals surface area contributed by atoms with Crippen LogP contribution in [0.2, 0.25) is 5.02 Å². The van der Waals surface area contributed by atoms with Crippen LogP contribution in [0.25, 0.3) is 0 Å². The first-order valence-electron chi connectivity index (χ1n) is 3.96. The number of nitrogens with two attached hydrogens (primary N) is 1. The molecule has 1 aromatic rings. The summed E-state index contributed by atoms with van der Waals surface area (Å²) in [5.41, 5.74) is 6.10. The van der Waals surface area contributed by atoms with Crippen molar-refractivity contribution < 1.29 is 9.47 Å². The van der Waals surface area contributed by atoms with Gasteiger partial charge in [-0.1, -0.05) is 11.6 Å². The van der Waals surface area contributed by atoms with Gasteiger partial charge in [-0.3, -0.25) is 0 Å². The predicted molar refractivity (Wildman–Crippen MR) is 50.1 cm³/mol. The summed E-state index contributed by atoms with van der Waals surface area (Å²) < 4.78 is 10.3. The molecule has 4 nitrogen and oxygen atoms in total. The number of halogens is 1. The molecule has 0 radical (unpaired) electrons. The summed E-state index contributed by atoms with van der Waals surface area (Å²) in [5, 5.41) is 9.08. The molecule has 0 spiro atoms. The summed E-state index contributed by atoms with van der Waals surface area (Å²) in [6.45, 7) is 0.177.